The van der Waals surface area contributed by atoms with Gasteiger partial charge in [0, 0.05) is 11.9 Å². The molecule has 1 nitrogen and oxygen atoms in total. The number of hydrogen-bond donors (Lipinski definition) is 0. The number of nitrogens with zero attached hydrogens (tertiary/aromatic N) is 1. The zero-order chi connectivity index (χ0) is 11.6. The Balaban J connectivity index is 2.36. The first kappa shape index (κ1) is 12.1. The van der Waals surface area contributed by atoms with Crippen LogP contribution in [-0.4, -0.2) is 17.0 Å². The van der Waals surface area contributed by atoms with Gasteiger partial charge in [-0.25, -0.2) is 0 Å². The SMILES string of the molecule is CSC1(c2ccccn2)CC(C)=C(C)CS1. The standard InChI is InChI=1S/C13H17NS2/c1-10-8-13(15-3,16-9-11(10)2)12-6-4-5-7-14-12/h4-7H,8-9H2,1-3H3. The molecule has 1 aromatic heterocycles. The first-order chi connectivity index (χ1) is 7.68. The zero-order valence-corrected chi connectivity index (χ0v) is 11.6. The minimum Gasteiger partial charge on any atom is -0.259 e. The predicted octanol–water partition coefficient (Wildman–Crippen LogP) is 4.07. The van der Waals surface area contributed by atoms with Gasteiger partial charge in [0.1, 0.15) is 4.08 Å². The summed E-state index contributed by atoms with van der Waals surface area (Å²) in [5.41, 5.74) is 4.27. The van der Waals surface area contributed by atoms with E-state index in [1.807, 2.05) is 35.8 Å². The molecule has 16 heavy (non-hydrogen) atoms. The average Bonchev–Trinajstić information content (AvgIpc) is 2.34. The van der Waals surface area contributed by atoms with Gasteiger partial charge in [-0.3, -0.25) is 4.98 Å². The second-order valence-electron chi connectivity index (χ2n) is 4.20. The number of aromatic nitrogens is 1. The lowest BCUT2D eigenvalue weighted by Gasteiger charge is -2.35. The Morgan fingerprint density at radius 3 is 2.69 bits per heavy atom. The van der Waals surface area contributed by atoms with Gasteiger partial charge in [-0.1, -0.05) is 17.2 Å². The van der Waals surface area contributed by atoms with Crippen molar-refractivity contribution in [1.82, 2.24) is 4.98 Å². The Morgan fingerprint density at radius 1 is 1.31 bits per heavy atom. The van der Waals surface area contributed by atoms with E-state index in [0.717, 1.165) is 12.2 Å². The van der Waals surface area contributed by atoms with Gasteiger partial charge in [0.2, 0.25) is 0 Å². The summed E-state index contributed by atoms with van der Waals surface area (Å²) in [6.45, 7) is 4.49. The molecule has 86 valence electrons. The molecule has 0 fully saturated rings. The van der Waals surface area contributed by atoms with E-state index in [9.17, 15) is 0 Å². The number of pyridine rings is 1. The van der Waals surface area contributed by atoms with Crippen molar-refractivity contribution in [2.45, 2.75) is 24.3 Å². The molecule has 0 radical (unpaired) electrons. The molecule has 1 atom stereocenters. The third-order valence-corrected chi connectivity index (χ3v) is 6.40. The van der Waals surface area contributed by atoms with Gasteiger partial charge >= 0.3 is 0 Å². The van der Waals surface area contributed by atoms with Crippen molar-refractivity contribution in [3.63, 3.8) is 0 Å². The van der Waals surface area contributed by atoms with E-state index in [1.54, 1.807) is 0 Å². The van der Waals surface area contributed by atoms with E-state index in [4.69, 9.17) is 0 Å². The average molecular weight is 251 g/mol. The van der Waals surface area contributed by atoms with E-state index in [2.05, 4.69) is 37.2 Å². The van der Waals surface area contributed by atoms with E-state index < -0.39 is 0 Å². The largest absolute Gasteiger partial charge is 0.259 e. The molecule has 0 amide bonds. The molecular weight excluding hydrogens is 234 g/mol. The molecule has 0 saturated carbocycles. The molecule has 1 unspecified atom stereocenters. The maximum atomic E-state index is 4.54. The van der Waals surface area contributed by atoms with Crippen LogP contribution in [0.2, 0.25) is 0 Å². The van der Waals surface area contributed by atoms with Crippen molar-refractivity contribution in [2.75, 3.05) is 12.0 Å². The van der Waals surface area contributed by atoms with Crippen molar-refractivity contribution in [3.8, 4) is 0 Å². The molecule has 2 heterocycles. The summed E-state index contributed by atoms with van der Waals surface area (Å²) in [4.78, 5) is 4.54. The zero-order valence-electron chi connectivity index (χ0n) is 9.99. The summed E-state index contributed by atoms with van der Waals surface area (Å²) in [5.74, 6) is 1.13. The topological polar surface area (TPSA) is 12.9 Å². The molecule has 0 spiro atoms. The van der Waals surface area contributed by atoms with Crippen LogP contribution in [0.4, 0.5) is 0 Å². The smallest absolute Gasteiger partial charge is 0.107 e. The van der Waals surface area contributed by atoms with E-state index in [0.29, 0.717) is 0 Å². The van der Waals surface area contributed by atoms with Crippen LogP contribution in [0.1, 0.15) is 26.0 Å². The molecule has 0 saturated heterocycles. The maximum Gasteiger partial charge on any atom is 0.107 e. The third kappa shape index (κ3) is 2.16. The first-order valence-corrected chi connectivity index (χ1v) is 7.65. The maximum absolute atomic E-state index is 4.54. The van der Waals surface area contributed by atoms with Crippen LogP contribution in [0.3, 0.4) is 0 Å². The molecule has 0 aliphatic carbocycles. The predicted molar refractivity (Wildman–Crippen MR) is 74.9 cm³/mol. The van der Waals surface area contributed by atoms with Crippen molar-refractivity contribution < 1.29 is 0 Å². The van der Waals surface area contributed by atoms with Crippen LogP contribution < -0.4 is 0 Å². The van der Waals surface area contributed by atoms with Gasteiger partial charge < -0.3 is 0 Å². The second-order valence-corrected chi connectivity index (χ2v) is 6.84. The van der Waals surface area contributed by atoms with E-state index in [-0.39, 0.29) is 4.08 Å². The van der Waals surface area contributed by atoms with Crippen LogP contribution >= 0.6 is 23.5 Å². The summed E-state index contributed by atoms with van der Waals surface area (Å²) in [6, 6.07) is 6.22. The van der Waals surface area contributed by atoms with Crippen LogP contribution in [0, 0.1) is 0 Å². The summed E-state index contributed by atoms with van der Waals surface area (Å²) in [5, 5.41) is 0. The summed E-state index contributed by atoms with van der Waals surface area (Å²) < 4.78 is 0.130. The van der Waals surface area contributed by atoms with Crippen molar-refractivity contribution in [3.05, 3.63) is 41.2 Å². The number of hydrogen-bond acceptors (Lipinski definition) is 3. The van der Waals surface area contributed by atoms with Gasteiger partial charge in [0.05, 0.1) is 5.69 Å². The number of thioether (sulfide) groups is 2. The Kier molecular flexibility index (Phi) is 3.65. The quantitative estimate of drug-likeness (QED) is 0.735. The highest BCUT2D eigenvalue weighted by Crippen LogP contribution is 2.52. The molecule has 0 N–H and O–H groups in total. The van der Waals surface area contributed by atoms with Crippen LogP contribution in [0.15, 0.2) is 35.5 Å². The molecule has 1 aromatic rings. The fourth-order valence-electron chi connectivity index (χ4n) is 1.89. The molecule has 0 aromatic carbocycles. The third-order valence-electron chi connectivity index (χ3n) is 3.13. The minimum atomic E-state index is 0.130. The molecule has 0 bridgehead atoms. The normalized spacial score (nSPS) is 25.9. The van der Waals surface area contributed by atoms with Gasteiger partial charge in [0.15, 0.2) is 0 Å². The summed E-state index contributed by atoms with van der Waals surface area (Å²) >= 11 is 3.94. The molecule has 2 rings (SSSR count). The molecule has 1 aliphatic heterocycles. The lowest BCUT2D eigenvalue weighted by molar-refractivity contribution is 0.797. The highest BCUT2D eigenvalue weighted by molar-refractivity contribution is 8.17. The first-order valence-electron chi connectivity index (χ1n) is 5.44. The number of rotatable bonds is 2. The van der Waals surface area contributed by atoms with Crippen molar-refractivity contribution >= 4 is 23.5 Å². The summed E-state index contributed by atoms with van der Waals surface area (Å²) in [6.07, 6.45) is 5.20. The highest BCUT2D eigenvalue weighted by Gasteiger charge is 2.36. The highest BCUT2D eigenvalue weighted by atomic mass is 32.2. The molecular formula is C13H17NS2. The van der Waals surface area contributed by atoms with Gasteiger partial charge in [-0.05, 0) is 38.7 Å². The van der Waals surface area contributed by atoms with Crippen LogP contribution in [-0.2, 0) is 4.08 Å². The van der Waals surface area contributed by atoms with Crippen molar-refractivity contribution in [2.24, 2.45) is 0 Å². The Hall–Kier alpha value is -0.410. The van der Waals surface area contributed by atoms with Crippen molar-refractivity contribution in [1.29, 1.82) is 0 Å². The fraction of sp³-hybridized carbons (Fsp3) is 0.462. The van der Waals surface area contributed by atoms with Crippen LogP contribution in [0.25, 0.3) is 0 Å². The Morgan fingerprint density at radius 2 is 2.12 bits per heavy atom. The monoisotopic (exact) mass is 251 g/mol. The van der Waals surface area contributed by atoms with E-state index >= 15 is 0 Å². The molecule has 3 heteroatoms. The molecule has 1 aliphatic rings. The second kappa shape index (κ2) is 4.84. The van der Waals surface area contributed by atoms with Crippen LogP contribution in [0.5, 0.6) is 0 Å². The van der Waals surface area contributed by atoms with Gasteiger partial charge in [0.25, 0.3) is 0 Å². The lowest BCUT2D eigenvalue weighted by atomic mass is 10.0. The fourth-order valence-corrected chi connectivity index (χ4v) is 4.51. The number of allylic oxidation sites excluding steroid dienone is 1. The Bertz CT molecular complexity index is 400. The van der Waals surface area contributed by atoms with Gasteiger partial charge in [-0.15, -0.1) is 23.5 Å². The van der Waals surface area contributed by atoms with E-state index in [1.165, 1.54) is 16.8 Å². The lowest BCUT2D eigenvalue weighted by Crippen LogP contribution is -2.23. The van der Waals surface area contributed by atoms with Gasteiger partial charge in [-0.2, -0.15) is 0 Å². The Labute approximate surface area is 106 Å². The summed E-state index contributed by atoms with van der Waals surface area (Å²) in [7, 11) is 0. The minimum absolute atomic E-state index is 0.130.